The van der Waals surface area contributed by atoms with Gasteiger partial charge in [0.25, 0.3) is 0 Å². The molecule has 0 radical (unpaired) electrons. The number of anilines is 1. The molecule has 3 rings (SSSR count). The lowest BCUT2D eigenvalue weighted by Crippen LogP contribution is -2.23. The summed E-state index contributed by atoms with van der Waals surface area (Å²) < 4.78 is 7.31. The molecule has 0 unspecified atom stereocenters. The van der Waals surface area contributed by atoms with E-state index in [0.29, 0.717) is 11.4 Å². The SMILES string of the molecule is CCn1c(S[C@@H](C)C(=O)Nc2ccccc2OC)nnc1-c1cccs1. The van der Waals surface area contributed by atoms with Crippen LogP contribution in [-0.4, -0.2) is 33.0 Å². The number of carbonyl (C=O) groups excluding carboxylic acids is 1. The average Bonchev–Trinajstić information content (AvgIpc) is 3.31. The van der Waals surface area contributed by atoms with E-state index in [-0.39, 0.29) is 11.2 Å². The number of benzene rings is 1. The number of nitrogens with zero attached hydrogens (tertiary/aromatic N) is 3. The van der Waals surface area contributed by atoms with E-state index >= 15 is 0 Å². The summed E-state index contributed by atoms with van der Waals surface area (Å²) >= 11 is 3.02. The number of carbonyl (C=O) groups is 1. The Balaban J connectivity index is 1.73. The summed E-state index contributed by atoms with van der Waals surface area (Å²) in [5.41, 5.74) is 0.656. The van der Waals surface area contributed by atoms with Crippen LogP contribution >= 0.6 is 23.1 Å². The van der Waals surface area contributed by atoms with E-state index in [0.717, 1.165) is 22.4 Å². The molecule has 1 amide bonds. The number of methoxy groups -OCH3 is 1. The van der Waals surface area contributed by atoms with Crippen molar-refractivity contribution in [2.45, 2.75) is 30.8 Å². The maximum absolute atomic E-state index is 12.6. The summed E-state index contributed by atoms with van der Waals surface area (Å²) in [6, 6.07) is 11.4. The highest BCUT2D eigenvalue weighted by Crippen LogP contribution is 2.30. The smallest absolute Gasteiger partial charge is 0.237 e. The van der Waals surface area contributed by atoms with E-state index < -0.39 is 0 Å². The van der Waals surface area contributed by atoms with Gasteiger partial charge in [-0.2, -0.15) is 0 Å². The van der Waals surface area contributed by atoms with Crippen LogP contribution in [0.25, 0.3) is 10.7 Å². The van der Waals surface area contributed by atoms with Gasteiger partial charge >= 0.3 is 0 Å². The van der Waals surface area contributed by atoms with E-state index in [1.165, 1.54) is 11.8 Å². The van der Waals surface area contributed by atoms with E-state index in [2.05, 4.69) is 15.5 Å². The van der Waals surface area contributed by atoms with Gasteiger partial charge in [0.05, 0.1) is 22.9 Å². The van der Waals surface area contributed by atoms with Gasteiger partial charge in [-0.15, -0.1) is 21.5 Å². The zero-order chi connectivity index (χ0) is 18.5. The van der Waals surface area contributed by atoms with Crippen molar-refractivity contribution < 1.29 is 9.53 Å². The minimum absolute atomic E-state index is 0.108. The predicted molar refractivity (Wildman–Crippen MR) is 106 cm³/mol. The molecule has 0 spiro atoms. The summed E-state index contributed by atoms with van der Waals surface area (Å²) in [4.78, 5) is 13.6. The summed E-state index contributed by atoms with van der Waals surface area (Å²) in [6.45, 7) is 4.64. The third-order valence-corrected chi connectivity index (χ3v) is 5.74. The van der Waals surface area contributed by atoms with Crippen LogP contribution in [0.15, 0.2) is 46.9 Å². The molecule has 6 nitrogen and oxygen atoms in total. The molecule has 3 aromatic rings. The first-order valence-electron chi connectivity index (χ1n) is 8.21. The Morgan fingerprint density at radius 3 is 2.81 bits per heavy atom. The van der Waals surface area contributed by atoms with Crippen molar-refractivity contribution in [2.24, 2.45) is 0 Å². The molecule has 0 aliphatic carbocycles. The quantitative estimate of drug-likeness (QED) is 0.616. The molecule has 1 aromatic carbocycles. The molecular weight excluding hydrogens is 368 g/mol. The molecule has 8 heteroatoms. The number of para-hydroxylation sites is 2. The van der Waals surface area contributed by atoms with Crippen molar-refractivity contribution in [1.29, 1.82) is 0 Å². The largest absolute Gasteiger partial charge is 0.495 e. The second-order valence-corrected chi connectivity index (χ2v) is 7.73. The molecule has 0 bridgehead atoms. The van der Waals surface area contributed by atoms with Crippen LogP contribution in [0.1, 0.15) is 13.8 Å². The van der Waals surface area contributed by atoms with Crippen LogP contribution in [0.4, 0.5) is 5.69 Å². The Morgan fingerprint density at radius 1 is 1.31 bits per heavy atom. The fourth-order valence-corrected chi connectivity index (χ4v) is 4.07. The van der Waals surface area contributed by atoms with Crippen molar-refractivity contribution in [2.75, 3.05) is 12.4 Å². The standard InChI is InChI=1S/C18H20N4O2S2/c1-4-22-16(15-10-7-11-25-15)20-21-18(22)26-12(2)17(23)19-13-8-5-6-9-14(13)24-3/h5-12H,4H2,1-3H3,(H,19,23)/t12-/m0/s1. The lowest BCUT2D eigenvalue weighted by Gasteiger charge is -2.14. The van der Waals surface area contributed by atoms with E-state index in [4.69, 9.17) is 4.74 Å². The number of hydrogen-bond donors (Lipinski definition) is 1. The zero-order valence-electron chi connectivity index (χ0n) is 14.8. The molecule has 0 saturated heterocycles. The van der Waals surface area contributed by atoms with Crippen molar-refractivity contribution >= 4 is 34.7 Å². The fraction of sp³-hybridized carbons (Fsp3) is 0.278. The van der Waals surface area contributed by atoms with Gasteiger partial charge in [0.15, 0.2) is 11.0 Å². The van der Waals surface area contributed by atoms with Gasteiger partial charge in [-0.3, -0.25) is 4.79 Å². The molecule has 0 aliphatic heterocycles. The highest BCUT2D eigenvalue weighted by atomic mass is 32.2. The topological polar surface area (TPSA) is 69.0 Å². The lowest BCUT2D eigenvalue weighted by molar-refractivity contribution is -0.115. The zero-order valence-corrected chi connectivity index (χ0v) is 16.4. The number of ether oxygens (including phenoxy) is 1. The van der Waals surface area contributed by atoms with Crippen LogP contribution in [-0.2, 0) is 11.3 Å². The first-order valence-corrected chi connectivity index (χ1v) is 9.97. The molecule has 1 atom stereocenters. The Bertz CT molecular complexity index is 877. The number of thiophene rings is 1. The monoisotopic (exact) mass is 388 g/mol. The second-order valence-electron chi connectivity index (χ2n) is 5.48. The van der Waals surface area contributed by atoms with Gasteiger partial charge in [-0.25, -0.2) is 0 Å². The van der Waals surface area contributed by atoms with Gasteiger partial charge in [0.2, 0.25) is 5.91 Å². The maximum Gasteiger partial charge on any atom is 0.237 e. The normalized spacial score (nSPS) is 12.0. The summed E-state index contributed by atoms with van der Waals surface area (Å²) in [5, 5.41) is 13.9. The summed E-state index contributed by atoms with van der Waals surface area (Å²) in [6.07, 6.45) is 0. The third kappa shape index (κ3) is 3.91. The number of thioether (sulfide) groups is 1. The van der Waals surface area contributed by atoms with Crippen LogP contribution < -0.4 is 10.1 Å². The van der Waals surface area contributed by atoms with Crippen LogP contribution in [0, 0.1) is 0 Å². The molecule has 2 heterocycles. The molecule has 0 fully saturated rings. The van der Waals surface area contributed by atoms with Crippen molar-refractivity contribution in [3.05, 3.63) is 41.8 Å². The highest BCUT2D eigenvalue weighted by Gasteiger charge is 2.21. The second kappa shape index (κ2) is 8.37. The number of hydrogen-bond acceptors (Lipinski definition) is 6. The van der Waals surface area contributed by atoms with Crippen LogP contribution in [0.3, 0.4) is 0 Å². The molecule has 26 heavy (non-hydrogen) atoms. The fourth-order valence-electron chi connectivity index (χ4n) is 2.44. The molecule has 0 aliphatic rings. The lowest BCUT2D eigenvalue weighted by atomic mass is 10.3. The number of nitrogens with one attached hydrogen (secondary N) is 1. The van der Waals surface area contributed by atoms with Crippen LogP contribution in [0.5, 0.6) is 5.75 Å². The summed E-state index contributed by atoms with van der Waals surface area (Å²) in [7, 11) is 1.58. The molecule has 2 aromatic heterocycles. The van der Waals surface area contributed by atoms with Gasteiger partial charge in [0, 0.05) is 6.54 Å². The molecule has 0 saturated carbocycles. The number of rotatable bonds is 7. The van der Waals surface area contributed by atoms with Crippen molar-refractivity contribution in [3.63, 3.8) is 0 Å². The number of aromatic nitrogens is 3. The van der Waals surface area contributed by atoms with Gasteiger partial charge < -0.3 is 14.6 Å². The molecular formula is C18H20N4O2S2. The maximum atomic E-state index is 12.6. The first kappa shape index (κ1) is 18.5. The third-order valence-electron chi connectivity index (χ3n) is 3.79. The Morgan fingerprint density at radius 2 is 2.12 bits per heavy atom. The van der Waals surface area contributed by atoms with E-state index in [9.17, 15) is 4.79 Å². The first-order chi connectivity index (χ1) is 12.6. The highest BCUT2D eigenvalue weighted by molar-refractivity contribution is 8.00. The van der Waals surface area contributed by atoms with Gasteiger partial charge in [-0.05, 0) is 37.4 Å². The summed E-state index contributed by atoms with van der Waals surface area (Å²) in [5.74, 6) is 1.36. The average molecular weight is 389 g/mol. The van der Waals surface area contributed by atoms with Crippen molar-refractivity contribution in [3.8, 4) is 16.5 Å². The van der Waals surface area contributed by atoms with Gasteiger partial charge in [0.1, 0.15) is 5.75 Å². The minimum Gasteiger partial charge on any atom is -0.495 e. The predicted octanol–water partition coefficient (Wildman–Crippen LogP) is 4.15. The molecule has 136 valence electrons. The Labute approximate surface area is 160 Å². The number of amides is 1. The molecule has 1 N–H and O–H groups in total. The van der Waals surface area contributed by atoms with E-state index in [1.54, 1.807) is 18.4 Å². The Kier molecular flexibility index (Phi) is 5.95. The van der Waals surface area contributed by atoms with Gasteiger partial charge in [-0.1, -0.05) is 30.0 Å². The van der Waals surface area contributed by atoms with E-state index in [1.807, 2.05) is 60.2 Å². The minimum atomic E-state index is -0.328. The van der Waals surface area contributed by atoms with Crippen molar-refractivity contribution in [1.82, 2.24) is 14.8 Å². The van der Waals surface area contributed by atoms with Crippen LogP contribution in [0.2, 0.25) is 0 Å². The Hall–Kier alpha value is -2.32.